The van der Waals surface area contributed by atoms with Crippen molar-refractivity contribution in [2.24, 2.45) is 0 Å². The highest BCUT2D eigenvalue weighted by Crippen LogP contribution is 2.40. The van der Waals surface area contributed by atoms with E-state index in [1.165, 1.54) is 4.90 Å². The van der Waals surface area contributed by atoms with Gasteiger partial charge in [-0.15, -0.1) is 0 Å². The molecule has 2 heterocycles. The average molecular weight is 359 g/mol. The van der Waals surface area contributed by atoms with Crippen molar-refractivity contribution < 1.29 is 19.1 Å². The number of amides is 3. The van der Waals surface area contributed by atoms with E-state index in [4.69, 9.17) is 9.47 Å². The molecule has 1 aromatic carbocycles. The van der Waals surface area contributed by atoms with Gasteiger partial charge in [-0.05, 0) is 24.6 Å². The van der Waals surface area contributed by atoms with Gasteiger partial charge in [-0.25, -0.2) is 4.79 Å². The van der Waals surface area contributed by atoms with Gasteiger partial charge in [-0.2, -0.15) is 0 Å². The van der Waals surface area contributed by atoms with E-state index >= 15 is 0 Å². The Kier molecular flexibility index (Phi) is 5.06. The Morgan fingerprint density at radius 2 is 2.00 bits per heavy atom. The van der Waals surface area contributed by atoms with Crippen molar-refractivity contribution in [3.05, 3.63) is 35.0 Å². The van der Waals surface area contributed by atoms with Gasteiger partial charge in [0.15, 0.2) is 0 Å². The van der Waals surface area contributed by atoms with Crippen LogP contribution in [0.1, 0.15) is 31.4 Å². The number of carbonyl (C=O) groups is 2. The molecule has 0 saturated carbocycles. The smallest absolute Gasteiger partial charge is 0.322 e. The number of unbranched alkanes of at least 4 members (excludes halogenated alkanes) is 1. The molecule has 2 aliphatic heterocycles. The summed E-state index contributed by atoms with van der Waals surface area (Å²) in [6.45, 7) is 3.24. The first-order valence-corrected chi connectivity index (χ1v) is 8.80. The fourth-order valence-electron chi connectivity index (χ4n) is 3.45. The molecule has 0 aliphatic carbocycles. The van der Waals surface area contributed by atoms with Crippen molar-refractivity contribution in [1.29, 1.82) is 0 Å². The van der Waals surface area contributed by atoms with Gasteiger partial charge in [0.1, 0.15) is 11.5 Å². The highest BCUT2D eigenvalue weighted by molar-refractivity contribution is 6.01. The van der Waals surface area contributed by atoms with Crippen LogP contribution in [0.3, 0.4) is 0 Å². The maximum absolute atomic E-state index is 13.1. The maximum atomic E-state index is 13.1. The van der Waals surface area contributed by atoms with Gasteiger partial charge in [-0.1, -0.05) is 13.3 Å². The molecule has 3 rings (SSSR count). The second kappa shape index (κ2) is 7.27. The minimum absolute atomic E-state index is 0.0322. The zero-order chi connectivity index (χ0) is 18.8. The predicted molar refractivity (Wildman–Crippen MR) is 97.1 cm³/mol. The molecule has 1 aromatic rings. The van der Waals surface area contributed by atoms with Crippen LogP contribution in [0.2, 0.25) is 0 Å². The molecular formula is C19H25N3O4. The van der Waals surface area contributed by atoms with Gasteiger partial charge in [0.2, 0.25) is 0 Å². The lowest BCUT2D eigenvalue weighted by molar-refractivity contribution is -0.125. The van der Waals surface area contributed by atoms with Crippen LogP contribution in [0.15, 0.2) is 29.5 Å². The van der Waals surface area contributed by atoms with Crippen LogP contribution >= 0.6 is 0 Å². The van der Waals surface area contributed by atoms with Crippen LogP contribution in [0.4, 0.5) is 4.79 Å². The summed E-state index contributed by atoms with van der Waals surface area (Å²) in [5.41, 5.74) is 2.07. The molecule has 0 spiro atoms. The number of benzene rings is 1. The molecule has 2 aliphatic rings. The molecule has 1 N–H and O–H groups in total. The fourth-order valence-corrected chi connectivity index (χ4v) is 3.45. The van der Waals surface area contributed by atoms with E-state index in [1.54, 1.807) is 33.4 Å². The standard InChI is InChI=1S/C19H25N3O4/c1-5-6-9-22-11-14-16(18(22)23)17(20-19(24)21(14)2)13-10-12(25-3)7-8-15(13)26-4/h7-8,10,17H,5-6,9,11H2,1-4H3,(H,20,24)/t17-/m1/s1. The van der Waals surface area contributed by atoms with E-state index in [0.717, 1.165) is 18.5 Å². The molecule has 0 bridgehead atoms. The predicted octanol–water partition coefficient (Wildman–Crippen LogP) is 2.30. The number of hydrogen-bond acceptors (Lipinski definition) is 4. The van der Waals surface area contributed by atoms with Crippen molar-refractivity contribution in [2.45, 2.75) is 25.8 Å². The molecule has 7 nitrogen and oxygen atoms in total. The topological polar surface area (TPSA) is 71.1 Å². The maximum Gasteiger partial charge on any atom is 0.322 e. The highest BCUT2D eigenvalue weighted by atomic mass is 16.5. The van der Waals surface area contributed by atoms with E-state index in [1.807, 2.05) is 11.0 Å². The quantitative estimate of drug-likeness (QED) is 0.846. The van der Waals surface area contributed by atoms with Crippen molar-refractivity contribution in [1.82, 2.24) is 15.1 Å². The Morgan fingerprint density at radius 1 is 1.23 bits per heavy atom. The Balaban J connectivity index is 2.05. The van der Waals surface area contributed by atoms with Crippen LogP contribution in [0.25, 0.3) is 0 Å². The Hall–Kier alpha value is -2.70. The first kappa shape index (κ1) is 18.1. The monoisotopic (exact) mass is 359 g/mol. The molecule has 1 atom stereocenters. The second-order valence-electron chi connectivity index (χ2n) is 6.49. The number of rotatable bonds is 6. The molecule has 26 heavy (non-hydrogen) atoms. The van der Waals surface area contributed by atoms with E-state index < -0.39 is 6.04 Å². The third-order valence-corrected chi connectivity index (χ3v) is 4.96. The third kappa shape index (κ3) is 2.98. The number of nitrogens with zero attached hydrogens (tertiary/aromatic N) is 2. The summed E-state index contributed by atoms with van der Waals surface area (Å²) >= 11 is 0. The van der Waals surface area contributed by atoms with Gasteiger partial charge in [0.05, 0.1) is 38.1 Å². The minimum atomic E-state index is -0.558. The number of methoxy groups -OCH3 is 2. The van der Waals surface area contributed by atoms with E-state index in [9.17, 15) is 9.59 Å². The molecule has 140 valence electrons. The number of urea groups is 1. The normalized spacial score (nSPS) is 19.6. The van der Waals surface area contributed by atoms with Gasteiger partial charge < -0.3 is 19.7 Å². The summed E-state index contributed by atoms with van der Waals surface area (Å²) in [6, 6.07) is 4.59. The molecule has 0 radical (unpaired) electrons. The van der Waals surface area contributed by atoms with Crippen molar-refractivity contribution in [3.63, 3.8) is 0 Å². The molecule has 0 saturated heterocycles. The minimum Gasteiger partial charge on any atom is -0.497 e. The third-order valence-electron chi connectivity index (χ3n) is 4.96. The molecule has 0 unspecified atom stereocenters. The Morgan fingerprint density at radius 3 is 2.65 bits per heavy atom. The van der Waals surface area contributed by atoms with Crippen LogP contribution in [0.5, 0.6) is 11.5 Å². The lowest BCUT2D eigenvalue weighted by Gasteiger charge is -2.31. The summed E-state index contributed by atoms with van der Waals surface area (Å²) in [5, 5.41) is 2.93. The zero-order valence-corrected chi connectivity index (χ0v) is 15.7. The number of nitrogens with one attached hydrogen (secondary N) is 1. The number of likely N-dealkylation sites (N-methyl/N-ethyl adjacent to an activating group) is 1. The van der Waals surface area contributed by atoms with Gasteiger partial charge in [0.25, 0.3) is 5.91 Å². The van der Waals surface area contributed by atoms with Gasteiger partial charge >= 0.3 is 6.03 Å². The second-order valence-corrected chi connectivity index (χ2v) is 6.49. The Bertz CT molecular complexity index is 759. The Labute approximate surface area is 153 Å². The summed E-state index contributed by atoms with van der Waals surface area (Å²) in [5.74, 6) is 1.21. The van der Waals surface area contributed by atoms with Crippen molar-refractivity contribution in [2.75, 3.05) is 34.4 Å². The SMILES string of the molecule is CCCCN1CC2=C(C1=O)[C@@H](c1cc(OC)ccc1OC)NC(=O)N2C. The van der Waals surface area contributed by atoms with Gasteiger partial charge in [0, 0.05) is 19.2 Å². The number of carbonyl (C=O) groups excluding carboxylic acids is 2. The van der Waals surface area contributed by atoms with E-state index in [2.05, 4.69) is 12.2 Å². The van der Waals surface area contributed by atoms with E-state index in [0.29, 0.717) is 35.7 Å². The summed E-state index contributed by atoms with van der Waals surface area (Å²) in [7, 11) is 4.85. The lowest BCUT2D eigenvalue weighted by atomic mass is 9.94. The molecular weight excluding hydrogens is 334 g/mol. The first-order valence-electron chi connectivity index (χ1n) is 8.80. The number of hydrogen-bond donors (Lipinski definition) is 1. The molecule has 7 heteroatoms. The van der Waals surface area contributed by atoms with Crippen LogP contribution < -0.4 is 14.8 Å². The first-order chi connectivity index (χ1) is 12.5. The highest BCUT2D eigenvalue weighted by Gasteiger charge is 2.43. The van der Waals surface area contributed by atoms with Gasteiger partial charge in [-0.3, -0.25) is 9.69 Å². The average Bonchev–Trinajstić information content (AvgIpc) is 2.99. The lowest BCUT2D eigenvalue weighted by Crippen LogP contribution is -2.45. The van der Waals surface area contributed by atoms with Crippen molar-refractivity contribution in [3.8, 4) is 11.5 Å². The van der Waals surface area contributed by atoms with Crippen LogP contribution in [-0.2, 0) is 4.79 Å². The van der Waals surface area contributed by atoms with Crippen molar-refractivity contribution >= 4 is 11.9 Å². The van der Waals surface area contributed by atoms with Crippen LogP contribution in [0, 0.1) is 0 Å². The summed E-state index contributed by atoms with van der Waals surface area (Å²) < 4.78 is 10.8. The molecule has 3 amide bonds. The van der Waals surface area contributed by atoms with Crippen LogP contribution in [-0.4, -0.2) is 56.1 Å². The number of ether oxygens (including phenoxy) is 2. The largest absolute Gasteiger partial charge is 0.497 e. The molecule has 0 fully saturated rings. The summed E-state index contributed by atoms with van der Waals surface area (Å²) in [6.07, 6.45) is 1.94. The summed E-state index contributed by atoms with van der Waals surface area (Å²) in [4.78, 5) is 28.9. The zero-order valence-electron chi connectivity index (χ0n) is 15.7. The fraction of sp³-hybridized carbons (Fsp3) is 0.474. The van der Waals surface area contributed by atoms with E-state index in [-0.39, 0.29) is 11.9 Å². The molecule has 0 aromatic heterocycles.